The third-order valence-electron chi connectivity index (χ3n) is 2.58. The summed E-state index contributed by atoms with van der Waals surface area (Å²) in [5.74, 6) is -0.105. The van der Waals surface area contributed by atoms with Crippen molar-refractivity contribution in [1.82, 2.24) is 0 Å². The van der Waals surface area contributed by atoms with Crippen molar-refractivity contribution in [2.24, 2.45) is 0 Å². The van der Waals surface area contributed by atoms with E-state index in [1.165, 1.54) is 6.08 Å². The second-order valence-electron chi connectivity index (χ2n) is 3.94. The molecule has 0 bridgehead atoms. The van der Waals surface area contributed by atoms with Crippen LogP contribution in [0, 0.1) is 11.3 Å². The highest BCUT2D eigenvalue weighted by Crippen LogP contribution is 2.12. The number of nitrogens with zero attached hydrogens (tertiary/aromatic N) is 1. The fourth-order valence-electron chi connectivity index (χ4n) is 1.58. The van der Waals surface area contributed by atoms with Crippen LogP contribution in [-0.2, 0) is 0 Å². The zero-order valence-electron chi connectivity index (χ0n) is 10.0. The molecule has 92 valence electrons. The van der Waals surface area contributed by atoms with Gasteiger partial charge >= 0.3 is 0 Å². The summed E-state index contributed by atoms with van der Waals surface area (Å²) in [6, 6.07) is 15.9. The molecule has 0 aromatic heterocycles. The second kappa shape index (κ2) is 5.99. The third-order valence-corrected chi connectivity index (χ3v) is 2.81. The van der Waals surface area contributed by atoms with Crippen molar-refractivity contribution in [2.75, 3.05) is 0 Å². The molecule has 2 aromatic carbocycles. The first-order valence-electron chi connectivity index (χ1n) is 5.67. The standard InChI is InChI=1S/C16H10ClNO/c17-15-3-1-2-14(10-15)16(19)9-8-12-4-6-13(11-18)7-5-12/h1-10H/b9-8+. The normalized spacial score (nSPS) is 10.3. The van der Waals surface area contributed by atoms with Gasteiger partial charge in [0.25, 0.3) is 0 Å². The molecule has 0 atom stereocenters. The Morgan fingerprint density at radius 1 is 1.16 bits per heavy atom. The van der Waals surface area contributed by atoms with Gasteiger partial charge in [0.2, 0.25) is 0 Å². The average Bonchev–Trinajstić information content (AvgIpc) is 2.45. The van der Waals surface area contributed by atoms with Crippen LogP contribution >= 0.6 is 11.6 Å². The van der Waals surface area contributed by atoms with Crippen molar-refractivity contribution in [2.45, 2.75) is 0 Å². The fourth-order valence-corrected chi connectivity index (χ4v) is 1.77. The molecule has 0 unspecified atom stereocenters. The number of benzene rings is 2. The van der Waals surface area contributed by atoms with Gasteiger partial charge in [0, 0.05) is 10.6 Å². The molecular formula is C16H10ClNO. The molecule has 3 heteroatoms. The van der Waals surface area contributed by atoms with Crippen LogP contribution in [0.4, 0.5) is 0 Å². The lowest BCUT2D eigenvalue weighted by atomic mass is 10.1. The molecule has 0 fully saturated rings. The molecule has 0 saturated heterocycles. The monoisotopic (exact) mass is 267 g/mol. The van der Waals surface area contributed by atoms with Crippen LogP contribution in [-0.4, -0.2) is 5.78 Å². The largest absolute Gasteiger partial charge is 0.289 e. The molecule has 2 rings (SSSR count). The smallest absolute Gasteiger partial charge is 0.185 e. The van der Waals surface area contributed by atoms with E-state index >= 15 is 0 Å². The van der Waals surface area contributed by atoms with Crippen molar-refractivity contribution in [3.05, 3.63) is 76.3 Å². The molecule has 0 aliphatic carbocycles. The van der Waals surface area contributed by atoms with Crippen molar-refractivity contribution >= 4 is 23.5 Å². The number of ketones is 1. The van der Waals surface area contributed by atoms with E-state index in [9.17, 15) is 4.79 Å². The van der Waals surface area contributed by atoms with Crippen LogP contribution in [0.25, 0.3) is 6.08 Å². The Morgan fingerprint density at radius 3 is 2.53 bits per heavy atom. The molecule has 0 N–H and O–H groups in total. The zero-order valence-corrected chi connectivity index (χ0v) is 10.8. The van der Waals surface area contributed by atoms with Gasteiger partial charge in [0.15, 0.2) is 5.78 Å². The van der Waals surface area contributed by atoms with Gasteiger partial charge < -0.3 is 0 Å². The minimum absolute atomic E-state index is 0.105. The predicted molar refractivity (Wildman–Crippen MR) is 76.0 cm³/mol. The van der Waals surface area contributed by atoms with Gasteiger partial charge in [0.1, 0.15) is 0 Å². The van der Waals surface area contributed by atoms with Crippen LogP contribution in [0.5, 0.6) is 0 Å². The summed E-state index contributed by atoms with van der Waals surface area (Å²) in [5.41, 5.74) is 2.02. The molecule has 2 nitrogen and oxygen atoms in total. The highest BCUT2D eigenvalue weighted by molar-refractivity contribution is 6.31. The Morgan fingerprint density at radius 2 is 1.89 bits per heavy atom. The van der Waals surface area contributed by atoms with Gasteiger partial charge in [-0.05, 0) is 35.9 Å². The Balaban J connectivity index is 2.14. The third kappa shape index (κ3) is 3.54. The second-order valence-corrected chi connectivity index (χ2v) is 4.38. The van der Waals surface area contributed by atoms with Gasteiger partial charge in [-0.1, -0.05) is 41.9 Å². The molecule has 19 heavy (non-hydrogen) atoms. The minimum atomic E-state index is -0.105. The summed E-state index contributed by atoms with van der Waals surface area (Å²) >= 11 is 5.83. The van der Waals surface area contributed by atoms with Crippen LogP contribution in [0.3, 0.4) is 0 Å². The molecule has 2 aromatic rings. The number of hydrogen-bond acceptors (Lipinski definition) is 2. The Bertz CT molecular complexity index is 666. The lowest BCUT2D eigenvalue weighted by Crippen LogP contribution is -1.93. The van der Waals surface area contributed by atoms with Crippen LogP contribution in [0.15, 0.2) is 54.6 Å². The maximum absolute atomic E-state index is 11.9. The predicted octanol–water partition coefficient (Wildman–Crippen LogP) is 4.11. The number of rotatable bonds is 3. The molecule has 0 aliphatic heterocycles. The van der Waals surface area contributed by atoms with Gasteiger partial charge in [0.05, 0.1) is 11.6 Å². The van der Waals surface area contributed by atoms with E-state index < -0.39 is 0 Å². The van der Waals surface area contributed by atoms with E-state index in [0.717, 1.165) is 5.56 Å². The number of allylic oxidation sites excluding steroid dienone is 1. The molecule has 0 aliphatic rings. The molecule has 0 spiro atoms. The van der Waals surface area contributed by atoms with Crippen molar-refractivity contribution < 1.29 is 4.79 Å². The van der Waals surface area contributed by atoms with Crippen molar-refractivity contribution in [1.29, 1.82) is 5.26 Å². The number of halogens is 1. The highest BCUT2D eigenvalue weighted by Gasteiger charge is 2.01. The minimum Gasteiger partial charge on any atom is -0.289 e. The molecular weight excluding hydrogens is 258 g/mol. The topological polar surface area (TPSA) is 40.9 Å². The van der Waals surface area contributed by atoms with Crippen LogP contribution < -0.4 is 0 Å². The van der Waals surface area contributed by atoms with E-state index in [2.05, 4.69) is 0 Å². The summed E-state index contributed by atoms with van der Waals surface area (Å²) < 4.78 is 0. The Labute approximate surface area is 116 Å². The summed E-state index contributed by atoms with van der Waals surface area (Å²) in [6.07, 6.45) is 3.21. The number of nitriles is 1. The fraction of sp³-hybridized carbons (Fsp3) is 0. The Hall–Kier alpha value is -2.37. The van der Waals surface area contributed by atoms with Crippen molar-refractivity contribution in [3.8, 4) is 6.07 Å². The first-order chi connectivity index (χ1) is 9.19. The quantitative estimate of drug-likeness (QED) is 0.620. The lowest BCUT2D eigenvalue weighted by molar-refractivity contribution is 0.104. The lowest BCUT2D eigenvalue weighted by Gasteiger charge is -1.97. The van der Waals surface area contributed by atoms with Gasteiger partial charge in [-0.15, -0.1) is 0 Å². The van der Waals surface area contributed by atoms with Gasteiger partial charge in [-0.3, -0.25) is 4.79 Å². The molecule has 0 saturated carbocycles. The number of carbonyl (C=O) groups excluding carboxylic acids is 1. The maximum Gasteiger partial charge on any atom is 0.185 e. The van der Waals surface area contributed by atoms with E-state index in [1.807, 2.05) is 6.07 Å². The first-order valence-corrected chi connectivity index (χ1v) is 6.05. The van der Waals surface area contributed by atoms with E-state index in [1.54, 1.807) is 54.6 Å². The molecule has 0 amide bonds. The number of hydrogen-bond donors (Lipinski definition) is 0. The Kier molecular flexibility index (Phi) is 4.12. The molecule has 0 heterocycles. The SMILES string of the molecule is N#Cc1ccc(/C=C/C(=O)c2cccc(Cl)c2)cc1. The summed E-state index contributed by atoms with van der Waals surface area (Å²) in [6.45, 7) is 0. The van der Waals surface area contributed by atoms with E-state index in [-0.39, 0.29) is 5.78 Å². The average molecular weight is 268 g/mol. The van der Waals surface area contributed by atoms with Crippen LogP contribution in [0.1, 0.15) is 21.5 Å². The van der Waals surface area contributed by atoms with Gasteiger partial charge in [-0.25, -0.2) is 0 Å². The van der Waals surface area contributed by atoms with E-state index in [0.29, 0.717) is 16.1 Å². The highest BCUT2D eigenvalue weighted by atomic mass is 35.5. The summed E-state index contributed by atoms with van der Waals surface area (Å²) in [7, 11) is 0. The maximum atomic E-state index is 11.9. The summed E-state index contributed by atoms with van der Waals surface area (Å²) in [5, 5.41) is 9.23. The van der Waals surface area contributed by atoms with Crippen molar-refractivity contribution in [3.63, 3.8) is 0 Å². The van der Waals surface area contributed by atoms with Crippen LogP contribution in [0.2, 0.25) is 5.02 Å². The first kappa shape index (κ1) is 13.1. The van der Waals surface area contributed by atoms with E-state index in [4.69, 9.17) is 16.9 Å². The van der Waals surface area contributed by atoms with Gasteiger partial charge in [-0.2, -0.15) is 5.26 Å². The summed E-state index contributed by atoms with van der Waals surface area (Å²) in [4.78, 5) is 11.9. The molecule has 0 radical (unpaired) electrons. The number of carbonyl (C=O) groups is 1. The zero-order chi connectivity index (χ0) is 13.7.